The van der Waals surface area contributed by atoms with Gasteiger partial charge in [0.15, 0.2) is 15.5 Å². The van der Waals surface area contributed by atoms with Crippen molar-refractivity contribution in [2.24, 2.45) is 0 Å². The molecule has 4 rings (SSSR count). The number of carbonyl (C=O) groups excluding carboxylic acids is 1. The Bertz CT molecular complexity index is 1800. The quantitative estimate of drug-likeness (QED) is 0.270. The van der Waals surface area contributed by atoms with Crippen LogP contribution in [0, 0.1) is 18.2 Å². The van der Waals surface area contributed by atoms with Crippen LogP contribution < -0.4 is 5.32 Å². The Labute approximate surface area is 233 Å². The molecule has 3 aromatic carbocycles. The summed E-state index contributed by atoms with van der Waals surface area (Å²) in [4.78, 5) is 32.6. The lowest BCUT2D eigenvalue weighted by Gasteiger charge is -2.18. The average Bonchev–Trinajstić information content (AvgIpc) is 2.87. The third-order valence-corrected chi connectivity index (χ3v) is 7.19. The lowest BCUT2D eigenvalue weighted by Crippen LogP contribution is -2.43. The summed E-state index contributed by atoms with van der Waals surface area (Å²) in [6, 6.07) is 11.4. The molecule has 0 saturated heterocycles. The fourth-order valence-electron chi connectivity index (χ4n) is 4.30. The predicted octanol–water partition coefficient (Wildman–Crippen LogP) is 5.35. The van der Waals surface area contributed by atoms with Gasteiger partial charge in [0.25, 0.3) is 5.91 Å². The van der Waals surface area contributed by atoms with Gasteiger partial charge in [-0.05, 0) is 41.0 Å². The van der Waals surface area contributed by atoms with Crippen LogP contribution in [0.3, 0.4) is 0 Å². The van der Waals surface area contributed by atoms with Crippen LogP contribution in [-0.2, 0) is 26.8 Å². The van der Waals surface area contributed by atoms with Crippen LogP contribution in [0.2, 0.25) is 5.02 Å². The number of hydrogen-bond acceptors (Lipinski definition) is 5. The van der Waals surface area contributed by atoms with E-state index in [-0.39, 0.29) is 12.0 Å². The average molecular weight is 584 g/mol. The molecule has 0 aliphatic rings. The van der Waals surface area contributed by atoms with E-state index in [0.717, 1.165) is 18.4 Å². The van der Waals surface area contributed by atoms with Gasteiger partial charge >= 0.3 is 5.97 Å². The molecule has 1 heterocycles. The minimum absolute atomic E-state index is 0.188. The first kappa shape index (κ1) is 28.6. The maximum Gasteiger partial charge on any atom is 0.326 e. The zero-order valence-electron chi connectivity index (χ0n) is 20.8. The van der Waals surface area contributed by atoms with E-state index in [9.17, 15) is 31.9 Å². The minimum atomic E-state index is -3.59. The molecule has 0 saturated carbocycles. The van der Waals surface area contributed by atoms with Gasteiger partial charge in [0.2, 0.25) is 0 Å². The van der Waals surface area contributed by atoms with Gasteiger partial charge in [-0.3, -0.25) is 9.78 Å². The number of amides is 1. The van der Waals surface area contributed by atoms with Gasteiger partial charge < -0.3 is 10.4 Å². The number of hydrogen-bond donors (Lipinski definition) is 2. The van der Waals surface area contributed by atoms with Crippen LogP contribution in [0.15, 0.2) is 60.8 Å². The topological polar surface area (TPSA) is 118 Å². The number of benzene rings is 3. The summed E-state index contributed by atoms with van der Waals surface area (Å²) >= 11 is 6.40. The fraction of sp³-hybridized carbons (Fsp3) is 0.143. The van der Waals surface area contributed by atoms with Crippen molar-refractivity contribution in [1.82, 2.24) is 10.3 Å². The summed E-state index contributed by atoms with van der Waals surface area (Å²) in [5, 5.41) is 12.9. The number of carbonyl (C=O) groups is 2. The second-order valence-corrected chi connectivity index (χ2v) is 11.6. The molecule has 2 N–H and O–H groups in total. The van der Waals surface area contributed by atoms with Crippen molar-refractivity contribution in [3.63, 3.8) is 0 Å². The van der Waals surface area contributed by atoms with E-state index < -0.39 is 50.7 Å². The standard InChI is InChI=1S/C28H20ClF2N3O5S/c1-32-17-6-8-19(21(29)13-17)20-7-5-16(18-4-3-9-33-26(18)20)12-24(28(36)37)34-27(35)25-22(30)10-15(11-23(25)31)14-40(2,38)39/h3-11,13,24H,12,14H2,2H3,(H,34,35)(H,36,37)/t24-/m0/s1. The summed E-state index contributed by atoms with van der Waals surface area (Å²) in [6.45, 7) is 7.15. The number of fused-ring (bicyclic) bond motifs is 1. The van der Waals surface area contributed by atoms with Crippen LogP contribution in [0.1, 0.15) is 21.5 Å². The Hall–Kier alpha value is -4.40. The molecular formula is C28H20ClF2N3O5S. The zero-order valence-corrected chi connectivity index (χ0v) is 22.4. The number of halogens is 3. The number of carboxylic acids is 1. The SMILES string of the molecule is [C-]#[N+]c1ccc(-c2ccc(C[C@H](NC(=O)c3c(F)cc(CS(C)(=O)=O)cc3F)C(=O)O)c3cccnc23)c(Cl)c1. The third-order valence-electron chi connectivity index (χ3n) is 6.02. The number of sulfone groups is 1. The zero-order chi connectivity index (χ0) is 29.2. The first-order valence-corrected chi connectivity index (χ1v) is 14.0. The molecular weight excluding hydrogens is 564 g/mol. The number of pyridine rings is 1. The second-order valence-electron chi connectivity index (χ2n) is 9.02. The molecule has 40 heavy (non-hydrogen) atoms. The molecule has 1 aromatic heterocycles. The molecule has 0 bridgehead atoms. The molecule has 8 nitrogen and oxygen atoms in total. The van der Waals surface area contributed by atoms with E-state index in [1.54, 1.807) is 42.6 Å². The molecule has 0 radical (unpaired) electrons. The summed E-state index contributed by atoms with van der Waals surface area (Å²) in [7, 11) is -3.59. The number of aromatic nitrogens is 1. The van der Waals surface area contributed by atoms with Crippen molar-refractivity contribution in [2.75, 3.05) is 6.26 Å². The molecule has 0 fully saturated rings. The Morgan fingerprint density at radius 3 is 2.38 bits per heavy atom. The smallest absolute Gasteiger partial charge is 0.326 e. The highest BCUT2D eigenvalue weighted by Crippen LogP contribution is 2.36. The second kappa shape index (κ2) is 11.4. The molecule has 12 heteroatoms. The van der Waals surface area contributed by atoms with Crippen molar-refractivity contribution in [1.29, 1.82) is 0 Å². The van der Waals surface area contributed by atoms with Gasteiger partial charge in [-0.1, -0.05) is 41.9 Å². The number of rotatable bonds is 8. The van der Waals surface area contributed by atoms with Crippen molar-refractivity contribution in [3.8, 4) is 11.1 Å². The molecule has 0 spiro atoms. The van der Waals surface area contributed by atoms with Gasteiger partial charge in [0.05, 0.1) is 17.8 Å². The van der Waals surface area contributed by atoms with Crippen LogP contribution in [-0.4, -0.2) is 42.7 Å². The highest BCUT2D eigenvalue weighted by atomic mass is 35.5. The van der Waals surface area contributed by atoms with Gasteiger partial charge in [0.1, 0.15) is 23.2 Å². The molecule has 204 valence electrons. The maximum atomic E-state index is 14.6. The van der Waals surface area contributed by atoms with Crippen LogP contribution >= 0.6 is 11.6 Å². The van der Waals surface area contributed by atoms with Crippen molar-refractivity contribution in [3.05, 3.63) is 106 Å². The number of nitrogens with one attached hydrogen (secondary N) is 1. The third kappa shape index (κ3) is 6.25. The van der Waals surface area contributed by atoms with E-state index in [2.05, 4.69) is 15.1 Å². The lowest BCUT2D eigenvalue weighted by atomic mass is 9.95. The summed E-state index contributed by atoms with van der Waals surface area (Å²) in [6.07, 6.45) is 2.20. The predicted molar refractivity (Wildman–Crippen MR) is 146 cm³/mol. The summed E-state index contributed by atoms with van der Waals surface area (Å²) in [5.74, 6) is -6.02. The molecule has 0 aliphatic heterocycles. The van der Waals surface area contributed by atoms with Crippen molar-refractivity contribution in [2.45, 2.75) is 18.2 Å². The Morgan fingerprint density at radius 1 is 1.10 bits per heavy atom. The molecule has 0 unspecified atom stereocenters. The normalized spacial score (nSPS) is 12.1. The maximum absolute atomic E-state index is 14.6. The summed E-state index contributed by atoms with van der Waals surface area (Å²) < 4.78 is 52.2. The van der Waals surface area contributed by atoms with E-state index >= 15 is 0 Å². The number of carboxylic acid groups (broad SMARTS) is 1. The van der Waals surface area contributed by atoms with E-state index in [1.165, 1.54) is 6.07 Å². The highest BCUT2D eigenvalue weighted by molar-refractivity contribution is 7.89. The molecule has 1 amide bonds. The number of nitrogens with zero attached hydrogens (tertiary/aromatic N) is 2. The van der Waals surface area contributed by atoms with Crippen LogP contribution in [0.25, 0.3) is 26.9 Å². The first-order valence-electron chi connectivity index (χ1n) is 11.6. The monoisotopic (exact) mass is 583 g/mol. The first-order chi connectivity index (χ1) is 18.9. The van der Waals surface area contributed by atoms with Gasteiger partial charge in [-0.2, -0.15) is 0 Å². The lowest BCUT2D eigenvalue weighted by molar-refractivity contribution is -0.139. The Kier molecular flexibility index (Phi) is 8.13. The molecule has 0 aliphatic carbocycles. The summed E-state index contributed by atoms with van der Waals surface area (Å²) in [5.41, 5.74) is 1.37. The fourth-order valence-corrected chi connectivity index (χ4v) is 5.35. The van der Waals surface area contributed by atoms with Gasteiger partial charge in [-0.25, -0.2) is 26.8 Å². The largest absolute Gasteiger partial charge is 0.480 e. The van der Waals surface area contributed by atoms with Crippen molar-refractivity contribution >= 4 is 49.9 Å². The highest BCUT2D eigenvalue weighted by Gasteiger charge is 2.27. The van der Waals surface area contributed by atoms with Gasteiger partial charge in [0, 0.05) is 34.8 Å². The van der Waals surface area contributed by atoms with Crippen LogP contribution in [0.5, 0.6) is 0 Å². The molecule has 1 atom stereocenters. The van der Waals surface area contributed by atoms with Crippen LogP contribution in [0.4, 0.5) is 14.5 Å². The number of aliphatic carboxylic acids is 1. The van der Waals surface area contributed by atoms with E-state index in [4.69, 9.17) is 18.2 Å². The minimum Gasteiger partial charge on any atom is -0.480 e. The van der Waals surface area contributed by atoms with Gasteiger partial charge in [-0.15, -0.1) is 0 Å². The van der Waals surface area contributed by atoms with E-state index in [1.807, 2.05) is 0 Å². The Morgan fingerprint density at radius 2 is 1.77 bits per heavy atom. The van der Waals surface area contributed by atoms with E-state index in [0.29, 0.717) is 38.3 Å². The Balaban J connectivity index is 1.66. The van der Waals surface area contributed by atoms with Crippen molar-refractivity contribution < 1.29 is 31.9 Å². The molecule has 4 aromatic rings.